The molecule has 2 fully saturated rings. The molecule has 2 aliphatic heterocycles. The van der Waals surface area contributed by atoms with Crippen molar-refractivity contribution in [3.05, 3.63) is 83.4 Å². The second-order valence-corrected chi connectivity index (χ2v) is 10.5. The molecule has 1 amide bonds. The Morgan fingerprint density at radius 1 is 1.02 bits per heavy atom. The maximum absolute atomic E-state index is 13.0. The zero-order valence-corrected chi connectivity index (χ0v) is 22.8. The van der Waals surface area contributed by atoms with Gasteiger partial charge in [-0.25, -0.2) is 4.79 Å². The molecule has 0 aromatic heterocycles. The van der Waals surface area contributed by atoms with Crippen LogP contribution in [0, 0.1) is 0 Å². The average molecular weight is 564 g/mol. The van der Waals surface area contributed by atoms with E-state index in [0.717, 1.165) is 5.56 Å². The van der Waals surface area contributed by atoms with Crippen LogP contribution in [0.4, 0.5) is 4.79 Å². The van der Waals surface area contributed by atoms with Crippen molar-refractivity contribution in [2.75, 3.05) is 27.4 Å². The van der Waals surface area contributed by atoms with Gasteiger partial charge in [-0.1, -0.05) is 42.5 Å². The number of rotatable bonds is 10. The minimum Gasteiger partial charge on any atom is -0.497 e. The summed E-state index contributed by atoms with van der Waals surface area (Å²) in [6.45, 7) is -0.0253. The molecule has 1 aliphatic carbocycles. The maximum Gasteiger partial charge on any atom is 0.407 e. The number of fused-ring (bicyclic) bond motifs is 5. The first-order valence-electron chi connectivity index (χ1n) is 13.6. The van der Waals surface area contributed by atoms with Gasteiger partial charge in [0.05, 0.1) is 51.1 Å². The number of carbonyl (C=O) groups excluding carboxylic acids is 1. The summed E-state index contributed by atoms with van der Waals surface area (Å²) in [4.78, 5) is 12.6. The number of carbonyl (C=O) groups is 1. The van der Waals surface area contributed by atoms with Gasteiger partial charge in [-0.05, 0) is 36.1 Å². The van der Waals surface area contributed by atoms with E-state index in [1.807, 2.05) is 42.5 Å². The van der Waals surface area contributed by atoms with Gasteiger partial charge >= 0.3 is 6.09 Å². The van der Waals surface area contributed by atoms with E-state index in [9.17, 15) is 15.0 Å². The van der Waals surface area contributed by atoms with Crippen molar-refractivity contribution in [1.29, 1.82) is 0 Å². The molecule has 2 heterocycles. The Morgan fingerprint density at radius 2 is 1.78 bits per heavy atom. The Morgan fingerprint density at radius 3 is 2.46 bits per heavy atom. The van der Waals surface area contributed by atoms with Crippen molar-refractivity contribution >= 4 is 6.09 Å². The number of aliphatic hydroxyl groups excluding tert-OH is 2. The van der Waals surface area contributed by atoms with E-state index in [1.165, 1.54) is 7.11 Å². The van der Waals surface area contributed by atoms with E-state index in [1.54, 1.807) is 31.4 Å². The lowest BCUT2D eigenvalue weighted by Crippen LogP contribution is -2.52. The maximum atomic E-state index is 13.0. The number of amides is 1. The summed E-state index contributed by atoms with van der Waals surface area (Å²) in [5.74, 6) is 1.20. The van der Waals surface area contributed by atoms with Crippen LogP contribution < -0.4 is 24.3 Å². The molecule has 1 saturated carbocycles. The Labute approximate surface area is 237 Å². The van der Waals surface area contributed by atoms with Crippen LogP contribution in [-0.2, 0) is 15.9 Å². The van der Waals surface area contributed by atoms with Crippen LogP contribution in [0.5, 0.6) is 23.0 Å². The van der Waals surface area contributed by atoms with E-state index >= 15 is 0 Å². The molecular weight excluding hydrogens is 530 g/mol. The second-order valence-electron chi connectivity index (χ2n) is 10.5. The summed E-state index contributed by atoms with van der Waals surface area (Å²) < 4.78 is 29.9. The highest BCUT2D eigenvalue weighted by Gasteiger charge is 2.80. The van der Waals surface area contributed by atoms with Gasteiger partial charge in [0, 0.05) is 12.1 Å². The third-order valence-electron chi connectivity index (χ3n) is 8.37. The molecule has 1 unspecified atom stereocenters. The zero-order chi connectivity index (χ0) is 28.8. The summed E-state index contributed by atoms with van der Waals surface area (Å²) in [5.41, 5.74) is -1.39. The lowest BCUT2D eigenvalue weighted by molar-refractivity contribution is -0.147. The Bertz CT molecular complexity index is 1420. The number of ether oxygens (including phenoxy) is 5. The molecular formula is C31H33NO9. The van der Waals surface area contributed by atoms with Crippen molar-refractivity contribution in [2.24, 2.45) is 0 Å². The zero-order valence-electron chi connectivity index (χ0n) is 22.8. The number of methoxy groups -OCH3 is 2. The molecule has 3 aromatic carbocycles. The standard InChI is InChI=1S/C31H33NO9/c1-37-21-12-10-19(11-13-21)31-25(18-7-4-3-5-8-18)27-28(40-29(35)32-27)30(31,36)26-23(38-2)15-22(16-24(26)41-31)39-14-6-9-20(34)17-33/h3-5,7-8,10-13,15-16,20,25,27-28,33-34,36H,6,9,14,17H2,1-2H3,(H,32,35)/t20?,25-,27-,28-,30+,31+/m1/s1. The molecule has 0 radical (unpaired) electrons. The highest BCUT2D eigenvalue weighted by molar-refractivity contribution is 5.74. The fraction of sp³-hybridized carbons (Fsp3) is 0.387. The molecule has 3 aliphatic rings. The Kier molecular flexibility index (Phi) is 6.93. The van der Waals surface area contributed by atoms with Gasteiger partial charge in [0.25, 0.3) is 0 Å². The van der Waals surface area contributed by atoms with Crippen molar-refractivity contribution in [3.8, 4) is 23.0 Å². The molecule has 41 heavy (non-hydrogen) atoms. The number of aliphatic hydroxyl groups is 3. The van der Waals surface area contributed by atoms with Crippen molar-refractivity contribution < 1.29 is 43.8 Å². The van der Waals surface area contributed by atoms with E-state index < -0.39 is 41.5 Å². The van der Waals surface area contributed by atoms with Gasteiger partial charge in [0.2, 0.25) is 0 Å². The average Bonchev–Trinajstić information content (AvgIpc) is 3.57. The number of alkyl carbamates (subject to hydrolysis) is 1. The molecule has 1 saturated heterocycles. The highest BCUT2D eigenvalue weighted by atomic mass is 16.6. The Balaban J connectivity index is 1.51. The van der Waals surface area contributed by atoms with Crippen LogP contribution in [0.15, 0.2) is 66.7 Å². The van der Waals surface area contributed by atoms with Crippen molar-refractivity contribution in [3.63, 3.8) is 0 Å². The lowest BCUT2D eigenvalue weighted by atomic mass is 9.71. The van der Waals surface area contributed by atoms with Gasteiger partial charge in [0.15, 0.2) is 17.3 Å². The van der Waals surface area contributed by atoms with E-state index in [4.69, 9.17) is 28.8 Å². The molecule has 4 N–H and O–H groups in total. The van der Waals surface area contributed by atoms with Crippen LogP contribution in [0.2, 0.25) is 0 Å². The SMILES string of the molecule is COc1ccc([C@@]23Oc4cc(OCCCC(O)CO)cc(OC)c4[C@]2(O)[C@@H]2OC(=O)N[C@@H]2[C@H]3c2ccccc2)cc1. The van der Waals surface area contributed by atoms with Crippen LogP contribution in [0.1, 0.15) is 35.4 Å². The molecule has 216 valence electrons. The number of nitrogens with one attached hydrogen (secondary N) is 1. The predicted octanol–water partition coefficient (Wildman–Crippen LogP) is 2.97. The third kappa shape index (κ3) is 4.08. The minimum atomic E-state index is -1.85. The van der Waals surface area contributed by atoms with Gasteiger partial charge in [0.1, 0.15) is 23.0 Å². The van der Waals surface area contributed by atoms with Gasteiger partial charge < -0.3 is 44.3 Å². The van der Waals surface area contributed by atoms with Crippen LogP contribution in [0.3, 0.4) is 0 Å². The van der Waals surface area contributed by atoms with Gasteiger partial charge in [-0.2, -0.15) is 0 Å². The van der Waals surface area contributed by atoms with Crippen LogP contribution in [0.25, 0.3) is 0 Å². The lowest BCUT2D eigenvalue weighted by Gasteiger charge is -2.41. The summed E-state index contributed by atoms with van der Waals surface area (Å²) in [6.07, 6.45) is -1.52. The predicted molar refractivity (Wildman–Crippen MR) is 146 cm³/mol. The quantitative estimate of drug-likeness (QED) is 0.275. The van der Waals surface area contributed by atoms with Crippen molar-refractivity contribution in [1.82, 2.24) is 5.32 Å². The first kappa shape index (κ1) is 27.2. The van der Waals surface area contributed by atoms with Crippen molar-refractivity contribution in [2.45, 2.75) is 48.2 Å². The second kappa shape index (κ2) is 10.4. The Hall–Kier alpha value is -3.99. The fourth-order valence-electron chi connectivity index (χ4n) is 6.65. The van der Waals surface area contributed by atoms with E-state index in [-0.39, 0.29) is 13.2 Å². The summed E-state index contributed by atoms with van der Waals surface area (Å²) in [5, 5.41) is 34.6. The minimum absolute atomic E-state index is 0.283. The fourth-order valence-corrected chi connectivity index (χ4v) is 6.65. The monoisotopic (exact) mass is 563 g/mol. The van der Waals surface area contributed by atoms with Crippen LogP contribution in [-0.4, -0.2) is 67.1 Å². The molecule has 6 rings (SSSR count). The summed E-state index contributed by atoms with van der Waals surface area (Å²) in [6, 6.07) is 19.7. The van der Waals surface area contributed by atoms with E-state index in [2.05, 4.69) is 5.32 Å². The first-order chi connectivity index (χ1) is 19.9. The molecule has 0 bridgehead atoms. The molecule has 10 heteroatoms. The number of benzene rings is 3. The summed E-state index contributed by atoms with van der Waals surface area (Å²) >= 11 is 0. The van der Waals surface area contributed by atoms with Gasteiger partial charge in [-0.3, -0.25) is 0 Å². The number of hydrogen-bond acceptors (Lipinski definition) is 9. The number of hydrogen-bond donors (Lipinski definition) is 4. The first-order valence-corrected chi connectivity index (χ1v) is 13.6. The van der Waals surface area contributed by atoms with Crippen LogP contribution >= 0.6 is 0 Å². The molecule has 3 aromatic rings. The largest absolute Gasteiger partial charge is 0.497 e. The normalized spacial score (nSPS) is 28.0. The third-order valence-corrected chi connectivity index (χ3v) is 8.37. The van der Waals surface area contributed by atoms with Gasteiger partial charge in [-0.15, -0.1) is 0 Å². The topological polar surface area (TPSA) is 136 Å². The highest BCUT2D eigenvalue weighted by Crippen LogP contribution is 2.69. The smallest absolute Gasteiger partial charge is 0.407 e. The molecule has 6 atom stereocenters. The molecule has 0 spiro atoms. The molecule has 10 nitrogen and oxygen atoms in total. The summed E-state index contributed by atoms with van der Waals surface area (Å²) in [7, 11) is 3.08. The van der Waals surface area contributed by atoms with E-state index in [0.29, 0.717) is 47.0 Å².